The SMILES string of the molecule is Cc1ncc([N+](=O)[O-])n1CCON(C)CCCCn1ccnc1[N+](=O)[O-]. The van der Waals surface area contributed by atoms with Crippen molar-refractivity contribution in [3.8, 4) is 0 Å². The molecule has 2 rings (SSSR count). The first-order chi connectivity index (χ1) is 12.4. The number of hydroxylamine groups is 2. The second-order valence-corrected chi connectivity index (χ2v) is 5.64. The van der Waals surface area contributed by atoms with E-state index in [-0.39, 0.29) is 18.4 Å². The van der Waals surface area contributed by atoms with E-state index >= 15 is 0 Å². The molecule has 0 aliphatic heterocycles. The van der Waals surface area contributed by atoms with Crippen molar-refractivity contribution in [3.63, 3.8) is 0 Å². The Labute approximate surface area is 149 Å². The molecule has 2 aromatic heterocycles. The van der Waals surface area contributed by atoms with Crippen LogP contribution in [0.25, 0.3) is 0 Å². The van der Waals surface area contributed by atoms with Gasteiger partial charge in [0.05, 0.1) is 6.54 Å². The average Bonchev–Trinajstić information content (AvgIpc) is 3.19. The smallest absolute Gasteiger partial charge is 0.390 e. The zero-order chi connectivity index (χ0) is 19.1. The summed E-state index contributed by atoms with van der Waals surface area (Å²) in [5, 5.41) is 23.3. The minimum atomic E-state index is -0.507. The maximum absolute atomic E-state index is 10.9. The molecule has 0 spiro atoms. The van der Waals surface area contributed by atoms with Crippen molar-refractivity contribution in [2.24, 2.45) is 0 Å². The Morgan fingerprint density at radius 3 is 2.65 bits per heavy atom. The fourth-order valence-electron chi connectivity index (χ4n) is 2.50. The molecule has 0 atom stereocenters. The van der Waals surface area contributed by atoms with Gasteiger partial charge in [-0.05, 0) is 22.7 Å². The monoisotopic (exact) mass is 367 g/mol. The molecule has 142 valence electrons. The normalized spacial score (nSPS) is 11.2. The van der Waals surface area contributed by atoms with E-state index in [9.17, 15) is 20.2 Å². The van der Waals surface area contributed by atoms with E-state index in [1.165, 1.54) is 21.5 Å². The van der Waals surface area contributed by atoms with Crippen LogP contribution < -0.4 is 0 Å². The van der Waals surface area contributed by atoms with Crippen LogP contribution in [-0.2, 0) is 17.9 Å². The molecular weight excluding hydrogens is 346 g/mol. The fraction of sp³-hybridized carbons (Fsp3) is 0.571. The number of unbranched alkanes of at least 4 members (excludes halogenated alkanes) is 1. The van der Waals surface area contributed by atoms with Gasteiger partial charge in [-0.25, -0.2) is 14.1 Å². The van der Waals surface area contributed by atoms with Crippen LogP contribution in [0, 0.1) is 27.2 Å². The molecule has 12 nitrogen and oxygen atoms in total. The van der Waals surface area contributed by atoms with Crippen LogP contribution in [0.5, 0.6) is 0 Å². The highest BCUT2D eigenvalue weighted by molar-refractivity contribution is 5.18. The molecule has 26 heavy (non-hydrogen) atoms. The van der Waals surface area contributed by atoms with E-state index in [1.54, 1.807) is 25.2 Å². The summed E-state index contributed by atoms with van der Waals surface area (Å²) in [6.45, 7) is 3.44. The standard InChI is InChI=1S/C14H21N7O5/c1-12-16-11-13(20(22)23)19(12)9-10-26-17(2)6-3-4-7-18-8-5-15-14(18)21(24)25/h5,8,11H,3-4,6-7,9-10H2,1-2H3. The second-order valence-electron chi connectivity index (χ2n) is 5.64. The van der Waals surface area contributed by atoms with E-state index in [0.717, 1.165) is 12.8 Å². The number of nitrogens with zero attached hydrogens (tertiary/aromatic N) is 7. The molecule has 0 N–H and O–H groups in total. The number of hydrogen-bond donors (Lipinski definition) is 0. The summed E-state index contributed by atoms with van der Waals surface area (Å²) in [6.07, 6.45) is 5.73. The Morgan fingerprint density at radius 2 is 1.96 bits per heavy atom. The highest BCUT2D eigenvalue weighted by Crippen LogP contribution is 2.13. The van der Waals surface area contributed by atoms with Gasteiger partial charge in [0.1, 0.15) is 31.7 Å². The van der Waals surface area contributed by atoms with Crippen LogP contribution in [0.2, 0.25) is 0 Å². The third kappa shape index (κ3) is 5.07. The number of aryl methyl sites for hydroxylation is 2. The molecule has 0 aromatic carbocycles. The van der Waals surface area contributed by atoms with Gasteiger partial charge in [-0.3, -0.25) is 4.84 Å². The van der Waals surface area contributed by atoms with Crippen LogP contribution in [0.1, 0.15) is 18.7 Å². The Hall–Kier alpha value is -2.86. The number of nitro groups is 2. The fourth-order valence-corrected chi connectivity index (χ4v) is 2.50. The summed E-state index contributed by atoms with van der Waals surface area (Å²) < 4.78 is 2.99. The molecule has 12 heteroatoms. The van der Waals surface area contributed by atoms with E-state index < -0.39 is 9.85 Å². The Balaban J connectivity index is 1.67. The van der Waals surface area contributed by atoms with Gasteiger partial charge in [0, 0.05) is 20.5 Å². The van der Waals surface area contributed by atoms with Gasteiger partial charge in [0.15, 0.2) is 5.82 Å². The lowest BCUT2D eigenvalue weighted by Gasteiger charge is -2.16. The van der Waals surface area contributed by atoms with Gasteiger partial charge >= 0.3 is 11.8 Å². The van der Waals surface area contributed by atoms with Crippen molar-refractivity contribution in [1.29, 1.82) is 0 Å². The molecule has 0 unspecified atom stereocenters. The molecule has 0 radical (unpaired) electrons. The van der Waals surface area contributed by atoms with Crippen molar-refractivity contribution < 1.29 is 14.7 Å². The van der Waals surface area contributed by atoms with Gasteiger partial charge in [-0.2, -0.15) is 5.06 Å². The van der Waals surface area contributed by atoms with Crippen LogP contribution in [0.4, 0.5) is 11.8 Å². The minimum absolute atomic E-state index is 0.0596. The summed E-state index contributed by atoms with van der Waals surface area (Å²) in [4.78, 5) is 33.9. The first kappa shape index (κ1) is 19.5. The van der Waals surface area contributed by atoms with Crippen molar-refractivity contribution in [2.45, 2.75) is 32.9 Å². The average molecular weight is 367 g/mol. The predicted octanol–water partition coefficient (Wildman–Crippen LogP) is 1.55. The van der Waals surface area contributed by atoms with Crippen molar-refractivity contribution in [1.82, 2.24) is 24.2 Å². The molecule has 0 saturated carbocycles. The van der Waals surface area contributed by atoms with Gasteiger partial charge in [-0.1, -0.05) is 4.98 Å². The Bertz CT molecular complexity index is 757. The molecule has 0 amide bonds. The molecule has 0 bridgehead atoms. The van der Waals surface area contributed by atoms with E-state index in [4.69, 9.17) is 4.84 Å². The van der Waals surface area contributed by atoms with Gasteiger partial charge < -0.3 is 20.2 Å². The zero-order valence-electron chi connectivity index (χ0n) is 14.6. The summed E-state index contributed by atoms with van der Waals surface area (Å²) in [7, 11) is 1.77. The first-order valence-electron chi connectivity index (χ1n) is 8.06. The highest BCUT2D eigenvalue weighted by Gasteiger charge is 2.17. The summed E-state index contributed by atoms with van der Waals surface area (Å²) in [5.41, 5.74) is 0. The van der Waals surface area contributed by atoms with Crippen molar-refractivity contribution in [3.05, 3.63) is 44.6 Å². The molecule has 0 fully saturated rings. The largest absolute Gasteiger partial charge is 0.434 e. The van der Waals surface area contributed by atoms with Gasteiger partial charge in [0.25, 0.3) is 0 Å². The lowest BCUT2D eigenvalue weighted by atomic mass is 10.3. The van der Waals surface area contributed by atoms with Gasteiger partial charge in [-0.15, -0.1) is 0 Å². The van der Waals surface area contributed by atoms with Crippen molar-refractivity contribution in [2.75, 3.05) is 20.2 Å². The molecule has 2 aromatic rings. The Kier molecular flexibility index (Phi) is 6.74. The topological polar surface area (TPSA) is 134 Å². The minimum Gasteiger partial charge on any atom is -0.390 e. The van der Waals surface area contributed by atoms with E-state index in [2.05, 4.69) is 9.97 Å². The van der Waals surface area contributed by atoms with Gasteiger partial charge in [0.2, 0.25) is 0 Å². The number of aromatic nitrogens is 4. The Morgan fingerprint density at radius 1 is 1.19 bits per heavy atom. The predicted molar refractivity (Wildman–Crippen MR) is 90.3 cm³/mol. The van der Waals surface area contributed by atoms with Crippen LogP contribution in [-0.4, -0.2) is 54.2 Å². The van der Waals surface area contributed by atoms with Crippen LogP contribution in [0.3, 0.4) is 0 Å². The molecule has 0 aliphatic carbocycles. The van der Waals surface area contributed by atoms with E-state index in [0.29, 0.717) is 25.5 Å². The molecule has 0 aliphatic rings. The quantitative estimate of drug-likeness (QED) is 0.332. The lowest BCUT2D eigenvalue weighted by molar-refractivity contribution is -0.396. The summed E-state index contributed by atoms with van der Waals surface area (Å²) in [6, 6.07) is 0. The summed E-state index contributed by atoms with van der Waals surface area (Å²) >= 11 is 0. The lowest BCUT2D eigenvalue weighted by Crippen LogP contribution is -2.23. The summed E-state index contributed by atoms with van der Waals surface area (Å²) in [5.74, 6) is 0.340. The van der Waals surface area contributed by atoms with E-state index in [1.807, 2.05) is 0 Å². The molecule has 2 heterocycles. The number of rotatable bonds is 11. The number of imidazole rings is 2. The zero-order valence-corrected chi connectivity index (χ0v) is 14.6. The first-order valence-corrected chi connectivity index (χ1v) is 8.06. The van der Waals surface area contributed by atoms with Crippen LogP contribution >= 0.6 is 0 Å². The third-order valence-electron chi connectivity index (χ3n) is 3.83. The molecule has 0 saturated heterocycles. The maximum atomic E-state index is 10.9. The number of hydrogen-bond acceptors (Lipinski definition) is 8. The molecular formula is C14H21N7O5. The van der Waals surface area contributed by atoms with Crippen molar-refractivity contribution >= 4 is 11.8 Å². The third-order valence-corrected chi connectivity index (χ3v) is 3.83. The second kappa shape index (κ2) is 9.01. The highest BCUT2D eigenvalue weighted by atomic mass is 16.7. The maximum Gasteiger partial charge on any atom is 0.434 e. The van der Waals surface area contributed by atoms with Crippen LogP contribution in [0.15, 0.2) is 18.6 Å².